The van der Waals surface area contributed by atoms with Crippen molar-refractivity contribution in [3.05, 3.63) is 0 Å². The molecule has 2 fully saturated rings. The maximum absolute atomic E-state index is 3.66. The van der Waals surface area contributed by atoms with Crippen molar-refractivity contribution in [3.63, 3.8) is 0 Å². The Morgan fingerprint density at radius 3 is 2.80 bits per heavy atom. The highest BCUT2D eigenvalue weighted by Crippen LogP contribution is 2.31. The van der Waals surface area contributed by atoms with E-state index < -0.39 is 0 Å². The second-order valence-electron chi connectivity index (χ2n) is 5.41. The SMILES string of the molecule is CCCNC1CCN(C2CCCC2C)C1. The van der Waals surface area contributed by atoms with Gasteiger partial charge in [0.15, 0.2) is 0 Å². The van der Waals surface area contributed by atoms with E-state index >= 15 is 0 Å². The third kappa shape index (κ3) is 2.73. The maximum Gasteiger partial charge on any atom is 0.0207 e. The number of hydrogen-bond acceptors (Lipinski definition) is 2. The second-order valence-corrected chi connectivity index (χ2v) is 5.41. The van der Waals surface area contributed by atoms with E-state index in [9.17, 15) is 0 Å². The molecule has 0 aromatic heterocycles. The fourth-order valence-electron chi connectivity index (χ4n) is 3.27. The van der Waals surface area contributed by atoms with E-state index in [1.54, 1.807) is 0 Å². The van der Waals surface area contributed by atoms with Gasteiger partial charge in [0.2, 0.25) is 0 Å². The minimum absolute atomic E-state index is 0.776. The van der Waals surface area contributed by atoms with Crippen molar-refractivity contribution in [2.24, 2.45) is 5.92 Å². The smallest absolute Gasteiger partial charge is 0.0207 e. The van der Waals surface area contributed by atoms with Gasteiger partial charge in [-0.05, 0) is 38.1 Å². The lowest BCUT2D eigenvalue weighted by molar-refractivity contribution is 0.201. The van der Waals surface area contributed by atoms with Crippen LogP contribution < -0.4 is 5.32 Å². The molecule has 0 bridgehead atoms. The van der Waals surface area contributed by atoms with Crippen LogP contribution in [0, 0.1) is 5.92 Å². The summed E-state index contributed by atoms with van der Waals surface area (Å²) in [5, 5.41) is 3.66. The molecule has 1 heterocycles. The molecule has 1 aliphatic carbocycles. The van der Waals surface area contributed by atoms with E-state index in [-0.39, 0.29) is 0 Å². The van der Waals surface area contributed by atoms with Gasteiger partial charge in [-0.15, -0.1) is 0 Å². The molecule has 2 aliphatic rings. The van der Waals surface area contributed by atoms with Crippen LogP contribution in [0.4, 0.5) is 0 Å². The molecule has 3 unspecified atom stereocenters. The summed E-state index contributed by atoms with van der Waals surface area (Å²) < 4.78 is 0. The molecule has 0 radical (unpaired) electrons. The molecule has 0 spiro atoms. The first kappa shape index (κ1) is 11.4. The van der Waals surface area contributed by atoms with Crippen LogP contribution in [0.5, 0.6) is 0 Å². The van der Waals surface area contributed by atoms with Crippen molar-refractivity contribution in [1.29, 1.82) is 0 Å². The summed E-state index contributed by atoms with van der Waals surface area (Å²) in [7, 11) is 0. The van der Waals surface area contributed by atoms with Gasteiger partial charge in [0.1, 0.15) is 0 Å². The minimum Gasteiger partial charge on any atom is -0.313 e. The van der Waals surface area contributed by atoms with Gasteiger partial charge < -0.3 is 5.32 Å². The molecule has 0 aromatic rings. The number of likely N-dealkylation sites (tertiary alicyclic amines) is 1. The monoisotopic (exact) mass is 210 g/mol. The Balaban J connectivity index is 1.76. The highest BCUT2D eigenvalue weighted by molar-refractivity contribution is 4.90. The van der Waals surface area contributed by atoms with Crippen molar-refractivity contribution in [1.82, 2.24) is 10.2 Å². The Morgan fingerprint density at radius 2 is 2.13 bits per heavy atom. The van der Waals surface area contributed by atoms with E-state index in [1.165, 1.54) is 51.7 Å². The van der Waals surface area contributed by atoms with Gasteiger partial charge in [-0.2, -0.15) is 0 Å². The van der Waals surface area contributed by atoms with Crippen LogP contribution in [-0.4, -0.2) is 36.6 Å². The fourth-order valence-corrected chi connectivity index (χ4v) is 3.27. The lowest BCUT2D eigenvalue weighted by Crippen LogP contribution is -2.38. The van der Waals surface area contributed by atoms with Crippen molar-refractivity contribution in [2.45, 2.75) is 58.0 Å². The van der Waals surface area contributed by atoms with Crippen molar-refractivity contribution in [2.75, 3.05) is 19.6 Å². The lowest BCUT2D eigenvalue weighted by Gasteiger charge is -2.27. The summed E-state index contributed by atoms with van der Waals surface area (Å²) in [6, 6.07) is 1.68. The summed E-state index contributed by atoms with van der Waals surface area (Å²) in [5.74, 6) is 0.940. The van der Waals surface area contributed by atoms with E-state index in [0.29, 0.717) is 0 Å². The quantitative estimate of drug-likeness (QED) is 0.765. The van der Waals surface area contributed by atoms with Crippen LogP contribution in [0.15, 0.2) is 0 Å². The Morgan fingerprint density at radius 1 is 1.27 bits per heavy atom. The molecule has 1 aliphatic heterocycles. The van der Waals surface area contributed by atoms with Crippen LogP contribution in [0.25, 0.3) is 0 Å². The molecular weight excluding hydrogens is 184 g/mol. The lowest BCUT2D eigenvalue weighted by atomic mass is 10.1. The summed E-state index contributed by atoms with van der Waals surface area (Å²) in [4.78, 5) is 2.74. The third-order valence-electron chi connectivity index (χ3n) is 4.19. The van der Waals surface area contributed by atoms with Crippen molar-refractivity contribution < 1.29 is 0 Å². The first-order valence-corrected chi connectivity index (χ1v) is 6.78. The first-order valence-electron chi connectivity index (χ1n) is 6.78. The number of rotatable bonds is 4. The van der Waals surface area contributed by atoms with E-state index in [4.69, 9.17) is 0 Å². The fraction of sp³-hybridized carbons (Fsp3) is 1.00. The van der Waals surface area contributed by atoms with Crippen LogP contribution in [0.1, 0.15) is 46.0 Å². The van der Waals surface area contributed by atoms with Gasteiger partial charge in [-0.3, -0.25) is 4.90 Å². The largest absolute Gasteiger partial charge is 0.313 e. The molecule has 15 heavy (non-hydrogen) atoms. The van der Waals surface area contributed by atoms with Crippen LogP contribution in [-0.2, 0) is 0 Å². The maximum atomic E-state index is 3.66. The minimum atomic E-state index is 0.776. The normalized spacial score (nSPS) is 37.6. The summed E-state index contributed by atoms with van der Waals surface area (Å²) in [5.41, 5.74) is 0. The average molecular weight is 210 g/mol. The van der Waals surface area contributed by atoms with Crippen LogP contribution in [0.2, 0.25) is 0 Å². The number of nitrogens with one attached hydrogen (secondary N) is 1. The molecule has 0 aromatic carbocycles. The molecule has 1 N–H and O–H groups in total. The van der Waals surface area contributed by atoms with Crippen molar-refractivity contribution in [3.8, 4) is 0 Å². The molecule has 2 heteroatoms. The summed E-state index contributed by atoms with van der Waals surface area (Å²) >= 11 is 0. The zero-order valence-electron chi connectivity index (χ0n) is 10.3. The standard InChI is InChI=1S/C13H26N2/c1-3-8-14-12-7-9-15(10-12)13-6-4-5-11(13)2/h11-14H,3-10H2,1-2H3. The van der Waals surface area contributed by atoms with Gasteiger partial charge in [-0.25, -0.2) is 0 Å². The molecule has 2 nitrogen and oxygen atoms in total. The van der Waals surface area contributed by atoms with Gasteiger partial charge in [0.05, 0.1) is 0 Å². The van der Waals surface area contributed by atoms with Gasteiger partial charge in [-0.1, -0.05) is 20.3 Å². The van der Waals surface area contributed by atoms with Crippen molar-refractivity contribution >= 4 is 0 Å². The zero-order chi connectivity index (χ0) is 10.7. The third-order valence-corrected chi connectivity index (χ3v) is 4.19. The highest BCUT2D eigenvalue weighted by Gasteiger charge is 2.33. The summed E-state index contributed by atoms with van der Waals surface area (Å²) in [6.07, 6.45) is 6.98. The topological polar surface area (TPSA) is 15.3 Å². The number of hydrogen-bond donors (Lipinski definition) is 1. The van der Waals surface area contributed by atoms with Crippen LogP contribution >= 0.6 is 0 Å². The van der Waals surface area contributed by atoms with E-state index in [0.717, 1.165) is 18.0 Å². The number of nitrogens with zero attached hydrogens (tertiary/aromatic N) is 1. The predicted octanol–water partition coefficient (Wildman–Crippen LogP) is 2.25. The average Bonchev–Trinajstić information content (AvgIpc) is 2.83. The zero-order valence-corrected chi connectivity index (χ0v) is 10.3. The molecule has 88 valence electrons. The Kier molecular flexibility index (Phi) is 4.04. The Bertz CT molecular complexity index is 193. The summed E-state index contributed by atoms with van der Waals surface area (Å²) in [6.45, 7) is 8.51. The molecule has 1 saturated carbocycles. The second kappa shape index (κ2) is 5.31. The van der Waals surface area contributed by atoms with Crippen LogP contribution in [0.3, 0.4) is 0 Å². The van der Waals surface area contributed by atoms with Gasteiger partial charge in [0.25, 0.3) is 0 Å². The highest BCUT2D eigenvalue weighted by atomic mass is 15.2. The van der Waals surface area contributed by atoms with E-state index in [2.05, 4.69) is 24.1 Å². The molecule has 0 amide bonds. The molecule has 3 atom stereocenters. The first-order chi connectivity index (χ1) is 7.31. The molecule has 2 rings (SSSR count). The van der Waals surface area contributed by atoms with E-state index in [1.807, 2.05) is 0 Å². The molecular formula is C13H26N2. The Labute approximate surface area is 94.4 Å². The molecule has 1 saturated heterocycles. The van der Waals surface area contributed by atoms with Gasteiger partial charge in [0, 0.05) is 25.2 Å². The Hall–Kier alpha value is -0.0800. The van der Waals surface area contributed by atoms with Gasteiger partial charge >= 0.3 is 0 Å². The predicted molar refractivity (Wildman–Crippen MR) is 65.1 cm³/mol.